The lowest BCUT2D eigenvalue weighted by molar-refractivity contribution is -0.124. The molecule has 1 saturated heterocycles. The summed E-state index contributed by atoms with van der Waals surface area (Å²) in [5.74, 6) is -0.460. The Morgan fingerprint density at radius 2 is 1.74 bits per heavy atom. The van der Waals surface area contributed by atoms with Crippen LogP contribution >= 0.6 is 0 Å². The van der Waals surface area contributed by atoms with Crippen molar-refractivity contribution in [1.29, 1.82) is 0 Å². The molecule has 3 aromatic rings. The summed E-state index contributed by atoms with van der Waals surface area (Å²) in [5, 5.41) is 18.4. The SMILES string of the molecule is O=C(NCCCNc1ccccc1)C1CCCN1C(=O)c1ccc2ccccc2c1O. The van der Waals surface area contributed by atoms with E-state index in [1.165, 1.54) is 0 Å². The number of para-hydroxylation sites is 1. The maximum Gasteiger partial charge on any atom is 0.258 e. The lowest BCUT2D eigenvalue weighted by atomic mass is 10.0. The van der Waals surface area contributed by atoms with E-state index in [-0.39, 0.29) is 23.1 Å². The summed E-state index contributed by atoms with van der Waals surface area (Å²) in [5.41, 5.74) is 1.29. The molecule has 0 spiro atoms. The van der Waals surface area contributed by atoms with Crippen LogP contribution in [0.5, 0.6) is 5.75 Å². The third kappa shape index (κ3) is 4.63. The first-order chi connectivity index (χ1) is 15.1. The minimum absolute atomic E-state index is 0.0267. The molecule has 2 amide bonds. The molecular formula is C25H27N3O3. The summed E-state index contributed by atoms with van der Waals surface area (Å²) in [6, 6.07) is 20.3. The molecule has 1 atom stereocenters. The second-order valence-corrected chi connectivity index (χ2v) is 7.78. The van der Waals surface area contributed by atoms with Crippen molar-refractivity contribution in [3.05, 3.63) is 72.3 Å². The van der Waals surface area contributed by atoms with Crippen LogP contribution in [0.25, 0.3) is 10.8 Å². The fraction of sp³-hybridized carbons (Fsp3) is 0.280. The summed E-state index contributed by atoms with van der Waals surface area (Å²) >= 11 is 0. The largest absolute Gasteiger partial charge is 0.506 e. The number of benzene rings is 3. The van der Waals surface area contributed by atoms with Gasteiger partial charge in [0.1, 0.15) is 11.8 Å². The molecular weight excluding hydrogens is 390 g/mol. The maximum atomic E-state index is 13.1. The number of carbonyl (C=O) groups excluding carboxylic acids is 2. The molecule has 160 valence electrons. The molecule has 1 fully saturated rings. The number of likely N-dealkylation sites (tertiary alicyclic amines) is 1. The lowest BCUT2D eigenvalue weighted by Crippen LogP contribution is -2.46. The molecule has 0 aromatic heterocycles. The Hall–Kier alpha value is -3.54. The Kier molecular flexibility index (Phi) is 6.36. The number of anilines is 1. The number of nitrogens with zero attached hydrogens (tertiary/aromatic N) is 1. The van der Waals surface area contributed by atoms with E-state index in [9.17, 15) is 14.7 Å². The van der Waals surface area contributed by atoms with Crippen molar-refractivity contribution in [3.8, 4) is 5.75 Å². The predicted molar refractivity (Wildman–Crippen MR) is 122 cm³/mol. The predicted octanol–water partition coefficient (Wildman–Crippen LogP) is 3.77. The van der Waals surface area contributed by atoms with Gasteiger partial charge in [-0.25, -0.2) is 0 Å². The summed E-state index contributed by atoms with van der Waals surface area (Å²) < 4.78 is 0. The monoisotopic (exact) mass is 417 g/mol. The van der Waals surface area contributed by atoms with Crippen LogP contribution in [-0.4, -0.2) is 47.5 Å². The minimum Gasteiger partial charge on any atom is -0.506 e. The molecule has 3 N–H and O–H groups in total. The topological polar surface area (TPSA) is 81.7 Å². The number of nitrogens with one attached hydrogen (secondary N) is 2. The van der Waals surface area contributed by atoms with Gasteiger partial charge in [0.2, 0.25) is 5.91 Å². The Bertz CT molecular complexity index is 1070. The number of amides is 2. The number of rotatable bonds is 7. The van der Waals surface area contributed by atoms with Crippen LogP contribution in [0.3, 0.4) is 0 Å². The van der Waals surface area contributed by atoms with Crippen LogP contribution in [0.4, 0.5) is 5.69 Å². The standard InChI is InChI=1S/C25H27N3O3/c29-23-20-11-5-4-8-18(20)13-14-21(23)25(31)28-17-6-12-22(28)24(30)27-16-7-15-26-19-9-2-1-3-10-19/h1-5,8-11,13-14,22,26,29H,6-7,12,15-17H2,(H,27,30). The first kappa shape index (κ1) is 20.7. The molecule has 1 unspecified atom stereocenters. The first-order valence-corrected chi connectivity index (χ1v) is 10.7. The van der Waals surface area contributed by atoms with Gasteiger partial charge in [0, 0.05) is 30.7 Å². The number of hydrogen-bond acceptors (Lipinski definition) is 4. The summed E-state index contributed by atoms with van der Waals surface area (Å²) in [4.78, 5) is 27.5. The Morgan fingerprint density at radius 3 is 2.58 bits per heavy atom. The molecule has 6 heteroatoms. The fourth-order valence-corrected chi connectivity index (χ4v) is 4.07. The van der Waals surface area contributed by atoms with Crippen molar-refractivity contribution in [2.24, 2.45) is 0 Å². The Labute approximate surface area is 181 Å². The van der Waals surface area contributed by atoms with Gasteiger partial charge in [0.25, 0.3) is 5.91 Å². The van der Waals surface area contributed by atoms with Gasteiger partial charge in [-0.2, -0.15) is 0 Å². The fourth-order valence-electron chi connectivity index (χ4n) is 4.07. The molecule has 0 aliphatic carbocycles. The average molecular weight is 418 g/mol. The van der Waals surface area contributed by atoms with Gasteiger partial charge >= 0.3 is 0 Å². The van der Waals surface area contributed by atoms with E-state index in [2.05, 4.69) is 10.6 Å². The van der Waals surface area contributed by atoms with Crippen molar-refractivity contribution >= 4 is 28.3 Å². The van der Waals surface area contributed by atoms with E-state index in [0.717, 1.165) is 30.5 Å². The van der Waals surface area contributed by atoms with Gasteiger partial charge in [0.15, 0.2) is 0 Å². The third-order valence-electron chi connectivity index (χ3n) is 5.70. The highest BCUT2D eigenvalue weighted by Crippen LogP contribution is 2.31. The van der Waals surface area contributed by atoms with Gasteiger partial charge in [-0.05, 0) is 42.8 Å². The highest BCUT2D eigenvalue weighted by Gasteiger charge is 2.35. The molecule has 4 rings (SSSR count). The summed E-state index contributed by atoms with van der Waals surface area (Å²) in [6.45, 7) is 1.81. The Morgan fingerprint density at radius 1 is 0.968 bits per heavy atom. The number of phenols is 1. The number of fused-ring (bicyclic) bond motifs is 1. The van der Waals surface area contributed by atoms with Crippen LogP contribution in [0.2, 0.25) is 0 Å². The van der Waals surface area contributed by atoms with Crippen LogP contribution in [0.15, 0.2) is 66.7 Å². The average Bonchev–Trinajstić information content (AvgIpc) is 3.30. The molecule has 0 radical (unpaired) electrons. The van der Waals surface area contributed by atoms with E-state index in [1.807, 2.05) is 54.6 Å². The normalized spacial score (nSPS) is 15.7. The van der Waals surface area contributed by atoms with Crippen LogP contribution in [0.1, 0.15) is 29.6 Å². The van der Waals surface area contributed by atoms with Crippen molar-refractivity contribution in [3.63, 3.8) is 0 Å². The van der Waals surface area contributed by atoms with Crippen molar-refractivity contribution < 1.29 is 14.7 Å². The second-order valence-electron chi connectivity index (χ2n) is 7.78. The zero-order valence-electron chi connectivity index (χ0n) is 17.4. The lowest BCUT2D eigenvalue weighted by Gasteiger charge is -2.24. The molecule has 0 saturated carbocycles. The van der Waals surface area contributed by atoms with Crippen molar-refractivity contribution in [2.45, 2.75) is 25.3 Å². The van der Waals surface area contributed by atoms with Crippen molar-refractivity contribution in [2.75, 3.05) is 25.0 Å². The molecule has 31 heavy (non-hydrogen) atoms. The van der Waals surface area contributed by atoms with Crippen LogP contribution in [-0.2, 0) is 4.79 Å². The zero-order valence-corrected chi connectivity index (χ0v) is 17.4. The number of hydrogen-bond donors (Lipinski definition) is 3. The van der Waals surface area contributed by atoms with Crippen LogP contribution in [0, 0.1) is 0 Å². The molecule has 1 aliphatic rings. The molecule has 1 heterocycles. The van der Waals surface area contributed by atoms with E-state index < -0.39 is 6.04 Å². The molecule has 0 bridgehead atoms. The minimum atomic E-state index is -0.500. The van der Waals surface area contributed by atoms with E-state index in [0.29, 0.717) is 24.9 Å². The van der Waals surface area contributed by atoms with Gasteiger partial charge in [-0.3, -0.25) is 9.59 Å². The van der Waals surface area contributed by atoms with Crippen LogP contribution < -0.4 is 10.6 Å². The summed E-state index contributed by atoms with van der Waals surface area (Å²) in [7, 11) is 0. The van der Waals surface area contributed by atoms with Gasteiger partial charge in [-0.15, -0.1) is 0 Å². The smallest absolute Gasteiger partial charge is 0.258 e. The maximum absolute atomic E-state index is 13.1. The highest BCUT2D eigenvalue weighted by molar-refractivity contribution is 6.05. The van der Waals surface area contributed by atoms with E-state index in [4.69, 9.17) is 0 Å². The third-order valence-corrected chi connectivity index (χ3v) is 5.70. The number of phenolic OH excluding ortho intramolecular Hbond substituents is 1. The second kappa shape index (κ2) is 9.51. The summed E-state index contributed by atoms with van der Waals surface area (Å²) in [6.07, 6.45) is 2.19. The Balaban J connectivity index is 1.34. The quantitative estimate of drug-likeness (QED) is 0.511. The molecule has 3 aromatic carbocycles. The first-order valence-electron chi connectivity index (χ1n) is 10.7. The molecule has 1 aliphatic heterocycles. The van der Waals surface area contributed by atoms with Gasteiger partial charge in [0.05, 0.1) is 5.56 Å². The number of carbonyl (C=O) groups is 2. The highest BCUT2D eigenvalue weighted by atomic mass is 16.3. The van der Waals surface area contributed by atoms with Gasteiger partial charge < -0.3 is 20.6 Å². The van der Waals surface area contributed by atoms with Crippen molar-refractivity contribution in [1.82, 2.24) is 10.2 Å². The van der Waals surface area contributed by atoms with Gasteiger partial charge in [-0.1, -0.05) is 48.5 Å². The zero-order chi connectivity index (χ0) is 21.6. The van der Waals surface area contributed by atoms with E-state index in [1.54, 1.807) is 17.0 Å². The van der Waals surface area contributed by atoms with E-state index >= 15 is 0 Å². The number of aromatic hydroxyl groups is 1. The molecule has 6 nitrogen and oxygen atoms in total.